The number of benzene rings is 1. The molecule has 1 aliphatic rings. The summed E-state index contributed by atoms with van der Waals surface area (Å²) in [7, 11) is 1.81. The van der Waals surface area contributed by atoms with Crippen molar-refractivity contribution in [2.24, 2.45) is 7.05 Å². The summed E-state index contributed by atoms with van der Waals surface area (Å²) < 4.78 is 3.19. The Morgan fingerprint density at radius 3 is 2.33 bits per heavy atom. The first kappa shape index (κ1) is 17.9. The highest BCUT2D eigenvalue weighted by atomic mass is 16.2. The van der Waals surface area contributed by atoms with Crippen LogP contribution in [0.1, 0.15) is 39.4 Å². The molecule has 2 amide bonds. The fourth-order valence-corrected chi connectivity index (χ4v) is 3.54. The van der Waals surface area contributed by atoms with E-state index < -0.39 is 6.04 Å². The molecule has 4 heterocycles. The van der Waals surface area contributed by atoms with E-state index in [9.17, 15) is 9.59 Å². The molecule has 1 aromatic carbocycles. The normalized spacial score (nSPS) is 14.3. The molecule has 0 N–H and O–H groups in total. The van der Waals surface area contributed by atoms with E-state index >= 15 is 0 Å². The molecule has 0 fully saturated rings. The molecule has 1 unspecified atom stereocenters. The van der Waals surface area contributed by atoms with E-state index in [4.69, 9.17) is 0 Å². The van der Waals surface area contributed by atoms with Gasteiger partial charge in [0.2, 0.25) is 0 Å². The Hall–Kier alpha value is -4.21. The highest BCUT2D eigenvalue weighted by Crippen LogP contribution is 2.33. The van der Waals surface area contributed by atoms with Crippen LogP contribution in [0.2, 0.25) is 0 Å². The van der Waals surface area contributed by atoms with Gasteiger partial charge in [0.05, 0.1) is 29.1 Å². The molecule has 0 spiro atoms. The summed E-state index contributed by atoms with van der Waals surface area (Å²) in [4.78, 5) is 35.8. The second-order valence-corrected chi connectivity index (χ2v) is 6.89. The highest BCUT2D eigenvalue weighted by Gasteiger charge is 2.40. The molecule has 4 aromatic rings. The minimum atomic E-state index is -0.638. The number of aryl methyl sites for hydroxylation is 1. The Kier molecular flexibility index (Phi) is 3.98. The van der Waals surface area contributed by atoms with Crippen LogP contribution in [-0.2, 0) is 7.05 Å². The lowest BCUT2D eigenvalue weighted by Crippen LogP contribution is -2.33. The monoisotopic (exact) mass is 400 g/mol. The predicted molar refractivity (Wildman–Crippen MR) is 105 cm³/mol. The molecule has 30 heavy (non-hydrogen) atoms. The van der Waals surface area contributed by atoms with Crippen LogP contribution >= 0.6 is 0 Å². The number of amides is 2. The molecule has 0 saturated heterocycles. The third kappa shape index (κ3) is 2.69. The zero-order valence-electron chi connectivity index (χ0n) is 16.2. The molecule has 148 valence electrons. The summed E-state index contributed by atoms with van der Waals surface area (Å²) in [6.07, 6.45) is 6.55. The van der Waals surface area contributed by atoms with Gasteiger partial charge in [0.25, 0.3) is 11.8 Å². The van der Waals surface area contributed by atoms with Crippen LogP contribution in [0.5, 0.6) is 0 Å². The van der Waals surface area contributed by atoms with Crippen LogP contribution in [0.3, 0.4) is 0 Å². The van der Waals surface area contributed by atoms with E-state index in [0.717, 1.165) is 0 Å². The Morgan fingerprint density at radius 1 is 0.967 bits per heavy atom. The number of aromatic nitrogens is 7. The van der Waals surface area contributed by atoms with Crippen LogP contribution in [0, 0.1) is 0 Å². The van der Waals surface area contributed by atoms with Crippen LogP contribution in [0.4, 0.5) is 0 Å². The van der Waals surface area contributed by atoms with Crippen LogP contribution < -0.4 is 0 Å². The minimum Gasteiger partial charge on any atom is -0.274 e. The first-order chi connectivity index (χ1) is 14.5. The fraction of sp³-hybridized carbons (Fsp3) is 0.150. The lowest BCUT2D eigenvalue weighted by molar-refractivity contribution is 0.0592. The zero-order valence-corrected chi connectivity index (χ0v) is 16.2. The largest absolute Gasteiger partial charge is 0.274 e. The second kappa shape index (κ2) is 6.69. The van der Waals surface area contributed by atoms with E-state index in [1.807, 2.05) is 7.05 Å². The van der Waals surface area contributed by atoms with Gasteiger partial charge >= 0.3 is 0 Å². The lowest BCUT2D eigenvalue weighted by atomic mass is 10.1. The van der Waals surface area contributed by atoms with Gasteiger partial charge in [-0.2, -0.15) is 9.78 Å². The Labute approximate surface area is 170 Å². The first-order valence-corrected chi connectivity index (χ1v) is 9.25. The SMILES string of the molecule is CC(c1nccnc1-c1cn(-c2ccn(C)n2)nn1)N1C(=O)c2ccccc2C1=O. The summed E-state index contributed by atoms with van der Waals surface area (Å²) in [5, 5.41) is 12.6. The summed E-state index contributed by atoms with van der Waals surface area (Å²) in [5.41, 5.74) is 2.15. The summed E-state index contributed by atoms with van der Waals surface area (Å²) in [5.74, 6) is -0.0937. The first-order valence-electron chi connectivity index (χ1n) is 9.25. The van der Waals surface area contributed by atoms with Crippen LogP contribution in [0.15, 0.2) is 55.1 Å². The third-order valence-corrected chi connectivity index (χ3v) is 5.01. The van der Waals surface area contributed by atoms with Crippen molar-refractivity contribution < 1.29 is 9.59 Å². The standard InChI is InChI=1S/C20H16N8O2/c1-12(28-19(29)13-5-3-4-6-14(13)20(28)30)17-18(22-9-8-21-17)15-11-27(25-23-15)16-7-10-26(2)24-16/h3-12H,1-2H3. The average Bonchev–Trinajstić information content (AvgIpc) is 3.47. The van der Waals surface area contributed by atoms with E-state index in [1.54, 1.807) is 54.3 Å². The van der Waals surface area contributed by atoms with Crippen LogP contribution in [-0.4, -0.2) is 51.5 Å². The number of hydrogen-bond donors (Lipinski definition) is 0. The number of nitrogens with zero attached hydrogens (tertiary/aromatic N) is 8. The van der Waals surface area contributed by atoms with Crippen molar-refractivity contribution >= 4 is 11.8 Å². The molecule has 0 radical (unpaired) electrons. The van der Waals surface area contributed by atoms with E-state index in [1.165, 1.54) is 22.0 Å². The maximum atomic E-state index is 12.9. The molecule has 3 aromatic heterocycles. The lowest BCUT2D eigenvalue weighted by Gasteiger charge is -2.23. The zero-order chi connectivity index (χ0) is 20.8. The smallest absolute Gasteiger partial charge is 0.262 e. The molecule has 5 rings (SSSR count). The molecule has 0 aliphatic carbocycles. The number of carbonyl (C=O) groups is 2. The van der Waals surface area contributed by atoms with E-state index in [2.05, 4.69) is 25.4 Å². The Balaban J connectivity index is 1.53. The molecule has 1 aliphatic heterocycles. The van der Waals surface area contributed by atoms with Gasteiger partial charge in [0, 0.05) is 31.7 Å². The summed E-state index contributed by atoms with van der Waals surface area (Å²) in [6.45, 7) is 1.75. The van der Waals surface area contributed by atoms with Gasteiger partial charge in [0.1, 0.15) is 11.4 Å². The number of carbonyl (C=O) groups excluding carboxylic acids is 2. The maximum Gasteiger partial charge on any atom is 0.262 e. The summed E-state index contributed by atoms with van der Waals surface area (Å²) in [6, 6.07) is 7.94. The second-order valence-electron chi connectivity index (χ2n) is 6.89. The number of rotatable bonds is 4. The van der Waals surface area contributed by atoms with Gasteiger partial charge in [-0.3, -0.25) is 29.1 Å². The molecule has 0 bridgehead atoms. The number of fused-ring (bicyclic) bond motifs is 1. The maximum absolute atomic E-state index is 12.9. The van der Waals surface area contributed by atoms with Crippen molar-refractivity contribution in [3.05, 3.63) is 71.9 Å². The van der Waals surface area contributed by atoms with Crippen molar-refractivity contribution in [2.75, 3.05) is 0 Å². The van der Waals surface area contributed by atoms with E-state index in [0.29, 0.717) is 34.0 Å². The summed E-state index contributed by atoms with van der Waals surface area (Å²) >= 11 is 0. The van der Waals surface area contributed by atoms with Gasteiger partial charge < -0.3 is 0 Å². The van der Waals surface area contributed by atoms with Crippen LogP contribution in [0.25, 0.3) is 17.2 Å². The van der Waals surface area contributed by atoms with E-state index in [-0.39, 0.29) is 11.8 Å². The van der Waals surface area contributed by atoms with Gasteiger partial charge in [-0.05, 0) is 19.1 Å². The highest BCUT2D eigenvalue weighted by molar-refractivity contribution is 6.21. The van der Waals surface area contributed by atoms with Gasteiger partial charge in [-0.25, -0.2) is 0 Å². The molecule has 10 nitrogen and oxygen atoms in total. The molecule has 0 saturated carbocycles. The quantitative estimate of drug-likeness (QED) is 0.480. The predicted octanol–water partition coefficient (Wildman–Crippen LogP) is 1.81. The molecule has 10 heteroatoms. The molecular weight excluding hydrogens is 384 g/mol. The number of imide groups is 1. The van der Waals surface area contributed by atoms with Crippen molar-refractivity contribution in [2.45, 2.75) is 13.0 Å². The van der Waals surface area contributed by atoms with Crippen molar-refractivity contribution in [1.82, 2.24) is 39.6 Å². The fourth-order valence-electron chi connectivity index (χ4n) is 3.54. The Bertz CT molecular complexity index is 1260. The Morgan fingerprint density at radius 2 is 1.67 bits per heavy atom. The van der Waals surface area contributed by atoms with Crippen molar-refractivity contribution in [3.8, 4) is 17.2 Å². The van der Waals surface area contributed by atoms with Crippen molar-refractivity contribution in [3.63, 3.8) is 0 Å². The average molecular weight is 400 g/mol. The van der Waals surface area contributed by atoms with Gasteiger partial charge in [0.15, 0.2) is 5.82 Å². The van der Waals surface area contributed by atoms with Gasteiger partial charge in [-0.15, -0.1) is 5.10 Å². The number of hydrogen-bond acceptors (Lipinski definition) is 7. The minimum absolute atomic E-state index is 0.350. The van der Waals surface area contributed by atoms with Gasteiger partial charge in [-0.1, -0.05) is 17.3 Å². The topological polar surface area (TPSA) is 112 Å². The molecular formula is C20H16N8O2. The third-order valence-electron chi connectivity index (χ3n) is 5.01. The van der Waals surface area contributed by atoms with Crippen molar-refractivity contribution in [1.29, 1.82) is 0 Å². The molecule has 1 atom stereocenters.